The van der Waals surface area contributed by atoms with Gasteiger partial charge in [-0.1, -0.05) is 11.8 Å². The van der Waals surface area contributed by atoms with Crippen molar-refractivity contribution >= 4 is 34.9 Å². The fraction of sp³-hybridized carbons (Fsp3) is 0.318. The Morgan fingerprint density at radius 2 is 1.70 bits per heavy atom. The summed E-state index contributed by atoms with van der Waals surface area (Å²) in [6.07, 6.45) is -7.69. The van der Waals surface area contributed by atoms with Gasteiger partial charge in [0.1, 0.15) is 4.88 Å². The monoisotopic (exact) mass is 550 g/mol. The number of nitrogens with one attached hydrogen (secondary N) is 3. The van der Waals surface area contributed by atoms with E-state index < -0.39 is 29.9 Å². The molecule has 1 aromatic carbocycles. The van der Waals surface area contributed by atoms with Crippen LogP contribution in [-0.4, -0.2) is 48.3 Å². The minimum absolute atomic E-state index is 0.0172. The van der Waals surface area contributed by atoms with Crippen LogP contribution in [0.2, 0.25) is 0 Å². The van der Waals surface area contributed by atoms with Crippen LogP contribution in [0.4, 0.5) is 36.8 Å². The van der Waals surface area contributed by atoms with Gasteiger partial charge in [0.25, 0.3) is 5.91 Å². The molecular weight excluding hydrogens is 530 g/mol. The van der Waals surface area contributed by atoms with E-state index in [9.17, 15) is 35.9 Å². The number of halogens is 6. The van der Waals surface area contributed by atoms with Gasteiger partial charge in [0, 0.05) is 18.2 Å². The molecule has 0 bridgehead atoms. The van der Waals surface area contributed by atoms with E-state index in [2.05, 4.69) is 27.8 Å². The van der Waals surface area contributed by atoms with Gasteiger partial charge in [0.05, 0.1) is 16.1 Å². The van der Waals surface area contributed by atoms with E-state index in [1.807, 2.05) is 0 Å². The molecule has 6 N–H and O–H groups in total. The third-order valence-corrected chi connectivity index (χ3v) is 5.66. The van der Waals surface area contributed by atoms with Crippen LogP contribution < -0.4 is 21.7 Å². The molecule has 15 heteroatoms. The number of thiophene rings is 1. The van der Waals surface area contributed by atoms with Crippen LogP contribution in [0.15, 0.2) is 30.3 Å². The molecule has 3 rings (SSSR count). The number of primary amides is 1. The molecule has 1 fully saturated rings. The number of urea groups is 1. The Morgan fingerprint density at radius 1 is 1.08 bits per heavy atom. The van der Waals surface area contributed by atoms with Crippen LogP contribution in [0.1, 0.15) is 38.5 Å². The Kier molecular flexibility index (Phi) is 9.92. The zero-order valence-electron chi connectivity index (χ0n) is 18.7. The zero-order chi connectivity index (χ0) is 27.8. The summed E-state index contributed by atoms with van der Waals surface area (Å²) >= 11 is 1.07. The van der Waals surface area contributed by atoms with E-state index in [1.54, 1.807) is 0 Å². The lowest BCUT2D eigenvalue weighted by Gasteiger charge is -2.23. The van der Waals surface area contributed by atoms with E-state index >= 15 is 0 Å². The molecule has 1 aliphatic heterocycles. The number of carbonyl (C=O) groups excluding carboxylic acids is 2. The number of nitrogens with two attached hydrogens (primary N) is 1. The molecule has 0 saturated carbocycles. The lowest BCUT2D eigenvalue weighted by Crippen LogP contribution is -2.45. The lowest BCUT2D eigenvalue weighted by atomic mass is 10.1. The Hall–Kier alpha value is -3.77. The van der Waals surface area contributed by atoms with E-state index in [0.29, 0.717) is 17.0 Å². The van der Waals surface area contributed by atoms with Crippen molar-refractivity contribution in [3.63, 3.8) is 0 Å². The molecule has 1 aromatic heterocycles. The highest BCUT2D eigenvalue weighted by molar-refractivity contribution is 7.15. The second-order valence-corrected chi connectivity index (χ2v) is 8.54. The molecule has 8 nitrogen and oxygen atoms in total. The van der Waals surface area contributed by atoms with E-state index in [4.69, 9.17) is 15.6 Å². The number of hydrogen-bond acceptors (Lipinski definition) is 5. The number of benzene rings is 1. The smallest absolute Gasteiger partial charge is 0.475 e. The van der Waals surface area contributed by atoms with E-state index in [-0.39, 0.29) is 22.5 Å². The molecule has 1 atom stereocenters. The Balaban J connectivity index is 0.000000604. The number of rotatable bonds is 3. The van der Waals surface area contributed by atoms with Crippen LogP contribution in [0, 0.1) is 11.8 Å². The minimum atomic E-state index is -5.08. The average Bonchev–Trinajstić information content (AvgIpc) is 3.20. The van der Waals surface area contributed by atoms with Gasteiger partial charge in [-0.25, -0.2) is 9.59 Å². The van der Waals surface area contributed by atoms with Crippen LogP contribution in [0.5, 0.6) is 0 Å². The molecule has 2 aromatic rings. The maximum Gasteiger partial charge on any atom is 0.490 e. The molecule has 1 saturated heterocycles. The predicted octanol–water partition coefficient (Wildman–Crippen LogP) is 3.77. The van der Waals surface area contributed by atoms with Gasteiger partial charge in [-0.15, -0.1) is 11.3 Å². The summed E-state index contributed by atoms with van der Waals surface area (Å²) in [6.45, 7) is 1.57. The summed E-state index contributed by atoms with van der Waals surface area (Å²) in [5, 5.41) is 15.7. The first kappa shape index (κ1) is 29.5. The van der Waals surface area contributed by atoms with E-state index in [0.717, 1.165) is 42.9 Å². The molecule has 0 unspecified atom stereocenters. The molecule has 2 heterocycles. The summed E-state index contributed by atoms with van der Waals surface area (Å²) < 4.78 is 69.7. The van der Waals surface area contributed by atoms with Crippen molar-refractivity contribution in [3.05, 3.63) is 51.2 Å². The molecule has 1 aliphatic rings. The summed E-state index contributed by atoms with van der Waals surface area (Å²) in [4.78, 5) is 33.6. The van der Waals surface area contributed by atoms with Gasteiger partial charge in [-0.2, -0.15) is 26.3 Å². The maximum absolute atomic E-state index is 12.7. The fourth-order valence-electron chi connectivity index (χ4n) is 2.95. The fourth-order valence-corrected chi connectivity index (χ4v) is 3.82. The van der Waals surface area contributed by atoms with Gasteiger partial charge in [-0.05, 0) is 49.7 Å². The van der Waals surface area contributed by atoms with Gasteiger partial charge in [-0.3, -0.25) is 4.79 Å². The number of alkyl halides is 6. The summed E-state index contributed by atoms with van der Waals surface area (Å²) in [5.41, 5.74) is 5.06. The number of amides is 3. The van der Waals surface area contributed by atoms with Crippen molar-refractivity contribution in [2.45, 2.75) is 31.2 Å². The summed E-state index contributed by atoms with van der Waals surface area (Å²) in [5.74, 6) is 2.47. The van der Waals surface area contributed by atoms with Crippen LogP contribution in [-0.2, 0) is 11.0 Å². The number of carbonyl (C=O) groups is 3. The van der Waals surface area contributed by atoms with Crippen molar-refractivity contribution in [2.24, 2.45) is 5.73 Å². The topological polar surface area (TPSA) is 134 Å². The van der Waals surface area contributed by atoms with Gasteiger partial charge < -0.3 is 26.8 Å². The third-order valence-electron chi connectivity index (χ3n) is 4.61. The van der Waals surface area contributed by atoms with Crippen LogP contribution >= 0.6 is 11.3 Å². The van der Waals surface area contributed by atoms with Crippen LogP contribution in [0.25, 0.3) is 0 Å². The van der Waals surface area contributed by atoms with Crippen molar-refractivity contribution < 1.29 is 45.8 Å². The van der Waals surface area contributed by atoms with Crippen molar-refractivity contribution in [3.8, 4) is 11.8 Å². The average molecular weight is 550 g/mol. The Labute approximate surface area is 210 Å². The largest absolute Gasteiger partial charge is 0.490 e. The quantitative estimate of drug-likeness (QED) is 0.293. The molecular formula is C22H20F6N4O4S. The molecule has 37 heavy (non-hydrogen) atoms. The third kappa shape index (κ3) is 9.66. The molecule has 0 spiro atoms. The maximum atomic E-state index is 12.7. The SMILES string of the molecule is NC(=O)Nc1cc(C#Cc2ccc(C(F)(F)F)cc2)sc1C(=O)N[C@H]1CCCNC1.O=C(O)C(F)(F)F. The number of hydrogen-bond donors (Lipinski definition) is 5. The number of carboxylic acids is 1. The normalized spacial score (nSPS) is 15.4. The highest BCUT2D eigenvalue weighted by atomic mass is 32.1. The van der Waals surface area contributed by atoms with Gasteiger partial charge in [0.15, 0.2) is 0 Å². The summed E-state index contributed by atoms with van der Waals surface area (Å²) in [7, 11) is 0. The second-order valence-electron chi connectivity index (χ2n) is 7.49. The number of piperidine rings is 1. The molecule has 3 amide bonds. The highest BCUT2D eigenvalue weighted by Crippen LogP contribution is 2.29. The second kappa shape index (κ2) is 12.5. The zero-order valence-corrected chi connectivity index (χ0v) is 19.5. The molecule has 0 radical (unpaired) electrons. The van der Waals surface area contributed by atoms with E-state index in [1.165, 1.54) is 18.2 Å². The van der Waals surface area contributed by atoms with Crippen molar-refractivity contribution in [2.75, 3.05) is 18.4 Å². The number of aliphatic carboxylic acids is 1. The molecule has 200 valence electrons. The first-order chi connectivity index (χ1) is 17.2. The lowest BCUT2D eigenvalue weighted by molar-refractivity contribution is -0.192. The number of carboxylic acid groups (broad SMARTS) is 1. The van der Waals surface area contributed by atoms with Gasteiger partial charge >= 0.3 is 24.4 Å². The van der Waals surface area contributed by atoms with Crippen molar-refractivity contribution in [1.29, 1.82) is 0 Å². The first-order valence-corrected chi connectivity index (χ1v) is 11.2. The number of anilines is 1. The van der Waals surface area contributed by atoms with Crippen molar-refractivity contribution in [1.82, 2.24) is 10.6 Å². The predicted molar refractivity (Wildman–Crippen MR) is 122 cm³/mol. The minimum Gasteiger partial charge on any atom is -0.475 e. The van der Waals surface area contributed by atoms with Crippen LogP contribution in [0.3, 0.4) is 0 Å². The Bertz CT molecular complexity index is 1180. The summed E-state index contributed by atoms with van der Waals surface area (Å²) in [6, 6.07) is 5.14. The highest BCUT2D eigenvalue weighted by Gasteiger charge is 2.38. The standard InChI is InChI=1S/C20H19F3N4O2S.C2HF3O2/c21-20(22,23)13-6-3-12(4-7-13)5-8-15-10-16(27-19(24)29)17(30-15)18(28)26-14-2-1-9-25-11-14;3-2(4,5)1(6)7/h3-4,6-7,10,14,25H,1-2,9,11H2,(H,26,28)(H3,24,27,29);(H,6,7)/t14-;/m0./s1. The van der Waals surface area contributed by atoms with Gasteiger partial charge in [0.2, 0.25) is 0 Å². The first-order valence-electron chi connectivity index (χ1n) is 10.4. The Morgan fingerprint density at radius 3 is 2.19 bits per heavy atom. The molecule has 0 aliphatic carbocycles.